The van der Waals surface area contributed by atoms with Crippen molar-refractivity contribution in [2.75, 3.05) is 7.11 Å². The summed E-state index contributed by atoms with van der Waals surface area (Å²) in [6.07, 6.45) is 2.13. The number of aryl methyl sites for hydroxylation is 1. The van der Waals surface area contributed by atoms with E-state index in [1.807, 2.05) is 18.2 Å². The minimum Gasteiger partial charge on any atom is -0.497 e. The largest absolute Gasteiger partial charge is 0.497 e. The summed E-state index contributed by atoms with van der Waals surface area (Å²) in [5.74, 6) is -0.151. The number of aromatic amines is 1. The van der Waals surface area contributed by atoms with Gasteiger partial charge in [-0.3, -0.25) is 4.79 Å². The molecule has 94 valence electrons. The molecule has 0 saturated heterocycles. The summed E-state index contributed by atoms with van der Waals surface area (Å²) in [5.41, 5.74) is 3.38. The first kappa shape index (κ1) is 11.1. The molecular formula is C14H15NO3. The number of aliphatic carboxylic acids is 1. The first-order valence-electron chi connectivity index (χ1n) is 6.09. The van der Waals surface area contributed by atoms with Crippen molar-refractivity contribution < 1.29 is 14.6 Å². The fraction of sp³-hybridized carbons (Fsp3) is 0.357. The topological polar surface area (TPSA) is 62.3 Å². The van der Waals surface area contributed by atoms with Crippen molar-refractivity contribution in [3.63, 3.8) is 0 Å². The molecule has 1 aliphatic carbocycles. The van der Waals surface area contributed by atoms with Gasteiger partial charge in [-0.2, -0.15) is 0 Å². The highest BCUT2D eigenvalue weighted by Gasteiger charge is 2.27. The summed E-state index contributed by atoms with van der Waals surface area (Å²) < 4.78 is 5.23. The molecule has 1 aromatic heterocycles. The monoisotopic (exact) mass is 245 g/mol. The average molecular weight is 245 g/mol. The number of rotatable bonds is 2. The van der Waals surface area contributed by atoms with E-state index in [1.165, 1.54) is 5.69 Å². The number of ether oxygens (including phenoxy) is 1. The summed E-state index contributed by atoms with van der Waals surface area (Å²) in [5, 5.41) is 10.2. The van der Waals surface area contributed by atoms with Crippen LogP contribution in [0.4, 0.5) is 0 Å². The summed E-state index contributed by atoms with van der Waals surface area (Å²) >= 11 is 0. The highest BCUT2D eigenvalue weighted by molar-refractivity contribution is 5.87. The Labute approximate surface area is 105 Å². The Bertz CT molecular complexity index is 615. The molecule has 0 saturated carbocycles. The third-order valence-corrected chi connectivity index (χ3v) is 3.74. The van der Waals surface area contributed by atoms with E-state index in [2.05, 4.69) is 4.98 Å². The second-order valence-electron chi connectivity index (χ2n) is 4.77. The summed E-state index contributed by atoms with van der Waals surface area (Å²) in [6.45, 7) is 0. The number of hydrogen-bond donors (Lipinski definition) is 2. The van der Waals surface area contributed by atoms with E-state index in [9.17, 15) is 4.79 Å². The van der Waals surface area contributed by atoms with Crippen molar-refractivity contribution in [2.24, 2.45) is 5.92 Å². The normalized spacial score (nSPS) is 18.6. The molecule has 18 heavy (non-hydrogen) atoms. The molecular weight excluding hydrogens is 230 g/mol. The van der Waals surface area contributed by atoms with E-state index in [4.69, 9.17) is 9.84 Å². The Balaban J connectivity index is 2.10. The standard InChI is InChI=1S/C14H15NO3/c1-18-9-3-5-13-11(7-9)10-6-8(14(16)17)2-4-12(10)15-13/h3,5,7-8,15H,2,4,6H2,1H3,(H,16,17). The van der Waals surface area contributed by atoms with Crippen molar-refractivity contribution >= 4 is 16.9 Å². The number of carboxylic acids is 1. The maximum Gasteiger partial charge on any atom is 0.306 e. The molecule has 1 unspecified atom stereocenters. The lowest BCUT2D eigenvalue weighted by Gasteiger charge is -2.18. The zero-order chi connectivity index (χ0) is 12.7. The van der Waals surface area contributed by atoms with Crippen LogP contribution < -0.4 is 4.74 Å². The number of nitrogens with one attached hydrogen (secondary N) is 1. The molecule has 0 spiro atoms. The number of fused-ring (bicyclic) bond motifs is 3. The van der Waals surface area contributed by atoms with Crippen LogP contribution in [0.25, 0.3) is 10.9 Å². The fourth-order valence-corrected chi connectivity index (χ4v) is 2.73. The Morgan fingerprint density at radius 2 is 2.33 bits per heavy atom. The summed E-state index contributed by atoms with van der Waals surface area (Å²) in [4.78, 5) is 14.5. The lowest BCUT2D eigenvalue weighted by atomic mass is 9.86. The van der Waals surface area contributed by atoms with Crippen LogP contribution in [0.2, 0.25) is 0 Å². The molecule has 1 atom stereocenters. The summed E-state index contributed by atoms with van der Waals surface area (Å²) in [7, 11) is 1.64. The van der Waals surface area contributed by atoms with Crippen molar-refractivity contribution in [1.82, 2.24) is 4.98 Å². The lowest BCUT2D eigenvalue weighted by molar-refractivity contribution is -0.142. The van der Waals surface area contributed by atoms with Crippen molar-refractivity contribution in [1.29, 1.82) is 0 Å². The molecule has 0 aliphatic heterocycles. The molecule has 1 aromatic carbocycles. The number of hydrogen-bond acceptors (Lipinski definition) is 2. The maximum absolute atomic E-state index is 11.1. The second-order valence-corrected chi connectivity index (χ2v) is 4.77. The zero-order valence-electron chi connectivity index (χ0n) is 10.2. The third kappa shape index (κ3) is 1.65. The van der Waals surface area contributed by atoms with Crippen LogP contribution in [0.5, 0.6) is 5.75 Å². The van der Waals surface area contributed by atoms with Crippen LogP contribution in [0, 0.1) is 5.92 Å². The fourth-order valence-electron chi connectivity index (χ4n) is 2.73. The molecule has 1 aliphatic rings. The highest BCUT2D eigenvalue weighted by atomic mass is 16.5. The Morgan fingerprint density at radius 3 is 3.06 bits per heavy atom. The van der Waals surface area contributed by atoms with Crippen LogP contribution in [-0.2, 0) is 17.6 Å². The van der Waals surface area contributed by atoms with E-state index < -0.39 is 5.97 Å². The van der Waals surface area contributed by atoms with E-state index in [0.717, 1.165) is 28.6 Å². The predicted molar refractivity (Wildman–Crippen MR) is 68.0 cm³/mol. The lowest BCUT2D eigenvalue weighted by Crippen LogP contribution is -2.21. The number of methoxy groups -OCH3 is 1. The Morgan fingerprint density at radius 1 is 1.50 bits per heavy atom. The van der Waals surface area contributed by atoms with Crippen LogP contribution in [0.15, 0.2) is 18.2 Å². The predicted octanol–water partition coefficient (Wildman–Crippen LogP) is 2.37. The van der Waals surface area contributed by atoms with Crippen LogP contribution in [0.1, 0.15) is 17.7 Å². The van der Waals surface area contributed by atoms with E-state index in [1.54, 1.807) is 7.11 Å². The van der Waals surface area contributed by atoms with E-state index in [0.29, 0.717) is 12.8 Å². The van der Waals surface area contributed by atoms with Gasteiger partial charge in [0.15, 0.2) is 0 Å². The Kier molecular flexibility index (Phi) is 2.51. The Hall–Kier alpha value is -1.97. The van der Waals surface area contributed by atoms with Gasteiger partial charge in [-0.1, -0.05) is 0 Å². The van der Waals surface area contributed by atoms with Gasteiger partial charge in [-0.25, -0.2) is 0 Å². The van der Waals surface area contributed by atoms with Crippen LogP contribution in [-0.4, -0.2) is 23.2 Å². The molecule has 4 nitrogen and oxygen atoms in total. The number of carboxylic acid groups (broad SMARTS) is 1. The molecule has 4 heteroatoms. The molecule has 0 fully saturated rings. The first-order valence-corrected chi connectivity index (χ1v) is 6.09. The first-order chi connectivity index (χ1) is 8.69. The van der Waals surface area contributed by atoms with Gasteiger partial charge in [0.25, 0.3) is 0 Å². The van der Waals surface area contributed by atoms with Gasteiger partial charge in [-0.05, 0) is 43.0 Å². The van der Waals surface area contributed by atoms with Gasteiger partial charge in [0.2, 0.25) is 0 Å². The van der Waals surface area contributed by atoms with Gasteiger partial charge in [0, 0.05) is 16.6 Å². The average Bonchev–Trinajstić information content (AvgIpc) is 2.75. The number of carbonyl (C=O) groups is 1. The van der Waals surface area contributed by atoms with Gasteiger partial charge >= 0.3 is 5.97 Å². The molecule has 2 N–H and O–H groups in total. The number of benzene rings is 1. The molecule has 1 heterocycles. The van der Waals surface area contributed by atoms with Crippen molar-refractivity contribution in [2.45, 2.75) is 19.3 Å². The maximum atomic E-state index is 11.1. The molecule has 2 aromatic rings. The smallest absolute Gasteiger partial charge is 0.306 e. The molecule has 0 bridgehead atoms. The van der Waals surface area contributed by atoms with Crippen LogP contribution >= 0.6 is 0 Å². The van der Waals surface area contributed by atoms with Gasteiger partial charge < -0.3 is 14.8 Å². The SMILES string of the molecule is COc1ccc2[nH]c3c(c2c1)CC(C(=O)O)CC3. The van der Waals surface area contributed by atoms with Crippen molar-refractivity contribution in [3.8, 4) is 5.75 Å². The number of aromatic nitrogens is 1. The molecule has 3 rings (SSSR count). The highest BCUT2D eigenvalue weighted by Crippen LogP contribution is 2.33. The molecule has 0 radical (unpaired) electrons. The quantitative estimate of drug-likeness (QED) is 0.853. The third-order valence-electron chi connectivity index (χ3n) is 3.74. The zero-order valence-corrected chi connectivity index (χ0v) is 10.2. The van der Waals surface area contributed by atoms with E-state index in [-0.39, 0.29) is 5.92 Å². The second kappa shape index (κ2) is 4.05. The van der Waals surface area contributed by atoms with E-state index >= 15 is 0 Å². The molecule has 0 amide bonds. The van der Waals surface area contributed by atoms with Gasteiger partial charge in [-0.15, -0.1) is 0 Å². The minimum absolute atomic E-state index is 0.261. The number of H-pyrrole nitrogens is 1. The van der Waals surface area contributed by atoms with Gasteiger partial charge in [0.1, 0.15) is 5.75 Å². The minimum atomic E-state index is -0.696. The van der Waals surface area contributed by atoms with Gasteiger partial charge in [0.05, 0.1) is 13.0 Å². The van der Waals surface area contributed by atoms with Crippen molar-refractivity contribution in [3.05, 3.63) is 29.5 Å². The summed E-state index contributed by atoms with van der Waals surface area (Å²) in [6, 6.07) is 5.89. The van der Waals surface area contributed by atoms with Crippen LogP contribution in [0.3, 0.4) is 0 Å².